The van der Waals surface area contributed by atoms with E-state index in [0.717, 1.165) is 38.5 Å². The lowest BCUT2D eigenvalue weighted by molar-refractivity contribution is -0.124. The Morgan fingerprint density at radius 2 is 1.87 bits per heavy atom. The Morgan fingerprint density at radius 1 is 1.10 bits per heavy atom. The number of piperidine rings is 1. The molecule has 1 fully saturated rings. The number of esters is 1. The molecule has 7 nitrogen and oxygen atoms in total. The number of nitrogens with one attached hydrogen (secondary N) is 1. The standard InChI is InChI=1S/C22H29ClN2O5S/c23-19-10-9-18(15-20(19)31(28,29)25-13-5-2-6-14-25)22(27)30-16-21(26)24-12-11-17-7-3-1-4-8-17/h7,9-10,15H,1-6,8,11-14,16H2,(H,24,26). The van der Waals surface area contributed by atoms with Gasteiger partial charge in [0.2, 0.25) is 10.0 Å². The molecule has 0 atom stereocenters. The zero-order chi connectivity index (χ0) is 22.3. The number of ether oxygens (including phenoxy) is 1. The number of allylic oxidation sites excluding steroid dienone is 1. The number of halogens is 1. The largest absolute Gasteiger partial charge is 0.452 e. The number of hydrogen-bond acceptors (Lipinski definition) is 5. The molecule has 1 N–H and O–H groups in total. The fraction of sp³-hybridized carbons (Fsp3) is 0.545. The van der Waals surface area contributed by atoms with Crippen LogP contribution in [0.4, 0.5) is 0 Å². The van der Waals surface area contributed by atoms with Gasteiger partial charge in [0.05, 0.1) is 10.6 Å². The van der Waals surface area contributed by atoms with Crippen LogP contribution in [0, 0.1) is 0 Å². The maximum absolute atomic E-state index is 12.9. The van der Waals surface area contributed by atoms with Gasteiger partial charge in [0, 0.05) is 19.6 Å². The maximum Gasteiger partial charge on any atom is 0.338 e. The molecule has 1 aromatic rings. The first kappa shape index (κ1) is 23.8. The zero-order valence-electron chi connectivity index (χ0n) is 17.6. The molecule has 0 saturated carbocycles. The number of nitrogens with zero attached hydrogens (tertiary/aromatic N) is 1. The highest BCUT2D eigenvalue weighted by Gasteiger charge is 2.29. The second-order valence-corrected chi connectivity index (χ2v) is 10.2. The number of carbonyl (C=O) groups is 2. The van der Waals surface area contributed by atoms with E-state index in [0.29, 0.717) is 19.6 Å². The van der Waals surface area contributed by atoms with Gasteiger partial charge in [-0.2, -0.15) is 4.31 Å². The van der Waals surface area contributed by atoms with Crippen molar-refractivity contribution in [3.05, 3.63) is 40.4 Å². The number of carbonyl (C=O) groups excluding carboxylic acids is 2. The van der Waals surface area contributed by atoms with E-state index >= 15 is 0 Å². The van der Waals surface area contributed by atoms with Crippen LogP contribution < -0.4 is 5.32 Å². The van der Waals surface area contributed by atoms with Crippen LogP contribution in [0.25, 0.3) is 0 Å². The second-order valence-electron chi connectivity index (χ2n) is 7.89. The highest BCUT2D eigenvalue weighted by molar-refractivity contribution is 7.89. The average Bonchev–Trinajstić information content (AvgIpc) is 2.79. The maximum atomic E-state index is 12.9. The minimum atomic E-state index is -3.79. The molecule has 0 bridgehead atoms. The van der Waals surface area contributed by atoms with E-state index < -0.39 is 22.6 Å². The fourth-order valence-electron chi connectivity index (χ4n) is 3.83. The molecular weight excluding hydrogens is 440 g/mol. The summed E-state index contributed by atoms with van der Waals surface area (Å²) in [6.45, 7) is 0.949. The second kappa shape index (κ2) is 11.1. The van der Waals surface area contributed by atoms with Crippen molar-refractivity contribution in [2.75, 3.05) is 26.2 Å². The van der Waals surface area contributed by atoms with Gasteiger partial charge in [-0.3, -0.25) is 4.79 Å². The summed E-state index contributed by atoms with van der Waals surface area (Å²) in [5.41, 5.74) is 1.40. The monoisotopic (exact) mass is 468 g/mol. The number of hydrogen-bond donors (Lipinski definition) is 1. The Hall–Kier alpha value is -1.90. The molecule has 0 unspecified atom stereocenters. The van der Waals surface area contributed by atoms with Crippen LogP contribution in [0.1, 0.15) is 61.7 Å². The summed E-state index contributed by atoms with van der Waals surface area (Å²) in [6, 6.07) is 3.99. The lowest BCUT2D eigenvalue weighted by Gasteiger charge is -2.26. The molecule has 0 aromatic heterocycles. The van der Waals surface area contributed by atoms with Gasteiger partial charge < -0.3 is 10.1 Å². The van der Waals surface area contributed by atoms with Crippen molar-refractivity contribution < 1.29 is 22.7 Å². The van der Waals surface area contributed by atoms with E-state index in [1.165, 1.54) is 40.9 Å². The van der Waals surface area contributed by atoms with E-state index in [4.69, 9.17) is 16.3 Å². The number of sulfonamides is 1. The van der Waals surface area contributed by atoms with Crippen LogP contribution in [-0.4, -0.2) is 50.8 Å². The van der Waals surface area contributed by atoms with Crippen molar-refractivity contribution in [2.24, 2.45) is 0 Å². The summed E-state index contributed by atoms with van der Waals surface area (Å²) in [7, 11) is -3.79. The van der Waals surface area contributed by atoms with Crippen molar-refractivity contribution in [1.82, 2.24) is 9.62 Å². The average molecular weight is 469 g/mol. The predicted octanol–water partition coefficient (Wildman–Crippen LogP) is 3.68. The highest BCUT2D eigenvalue weighted by Crippen LogP contribution is 2.28. The third kappa shape index (κ3) is 6.54. The van der Waals surface area contributed by atoms with E-state index in [1.54, 1.807) is 0 Å². The quantitative estimate of drug-likeness (QED) is 0.464. The van der Waals surface area contributed by atoms with Crippen molar-refractivity contribution in [3.63, 3.8) is 0 Å². The molecule has 1 heterocycles. The van der Waals surface area contributed by atoms with Crippen LogP contribution in [0.5, 0.6) is 0 Å². The van der Waals surface area contributed by atoms with E-state index in [2.05, 4.69) is 11.4 Å². The van der Waals surface area contributed by atoms with Crippen LogP contribution in [0.15, 0.2) is 34.7 Å². The Labute approximate surface area is 188 Å². The summed E-state index contributed by atoms with van der Waals surface area (Å²) < 4.78 is 32.3. The normalized spacial score (nSPS) is 17.6. The molecular formula is C22H29ClN2O5S. The first-order valence-electron chi connectivity index (χ1n) is 10.8. The van der Waals surface area contributed by atoms with Crippen molar-refractivity contribution >= 4 is 33.5 Å². The van der Waals surface area contributed by atoms with Gasteiger partial charge in [0.1, 0.15) is 4.90 Å². The van der Waals surface area contributed by atoms with Crippen LogP contribution in [0.3, 0.4) is 0 Å². The van der Waals surface area contributed by atoms with E-state index in [-0.39, 0.29) is 21.4 Å². The topological polar surface area (TPSA) is 92.8 Å². The molecule has 1 aliphatic carbocycles. The Kier molecular flexibility index (Phi) is 8.51. The van der Waals surface area contributed by atoms with Crippen molar-refractivity contribution in [2.45, 2.75) is 56.3 Å². The lowest BCUT2D eigenvalue weighted by atomic mass is 9.97. The van der Waals surface area contributed by atoms with Gasteiger partial charge in [-0.05, 0) is 63.1 Å². The van der Waals surface area contributed by atoms with Crippen LogP contribution in [-0.2, 0) is 19.6 Å². The summed E-state index contributed by atoms with van der Waals surface area (Å²) in [5.74, 6) is -1.16. The van der Waals surface area contributed by atoms with E-state index in [9.17, 15) is 18.0 Å². The molecule has 0 radical (unpaired) electrons. The van der Waals surface area contributed by atoms with Crippen LogP contribution in [0.2, 0.25) is 5.02 Å². The smallest absolute Gasteiger partial charge is 0.338 e. The molecule has 2 aliphatic rings. The van der Waals surface area contributed by atoms with Gasteiger partial charge in [0.15, 0.2) is 6.61 Å². The Bertz CT molecular complexity index is 939. The fourth-order valence-corrected chi connectivity index (χ4v) is 5.85. The molecule has 170 valence electrons. The molecule has 1 saturated heterocycles. The Balaban J connectivity index is 1.54. The molecule has 1 aliphatic heterocycles. The summed E-state index contributed by atoms with van der Waals surface area (Å²) in [5, 5.41) is 2.80. The third-order valence-corrected chi connectivity index (χ3v) is 7.97. The van der Waals surface area contributed by atoms with Gasteiger partial charge in [0.25, 0.3) is 5.91 Å². The number of rotatable bonds is 8. The minimum Gasteiger partial charge on any atom is -0.452 e. The van der Waals surface area contributed by atoms with Gasteiger partial charge in [-0.15, -0.1) is 0 Å². The molecule has 9 heteroatoms. The van der Waals surface area contributed by atoms with E-state index in [1.807, 2.05) is 0 Å². The number of benzene rings is 1. The third-order valence-electron chi connectivity index (χ3n) is 5.59. The molecule has 1 aromatic carbocycles. The van der Waals surface area contributed by atoms with Crippen LogP contribution >= 0.6 is 11.6 Å². The zero-order valence-corrected chi connectivity index (χ0v) is 19.1. The molecule has 0 spiro atoms. The SMILES string of the molecule is O=C(COC(=O)c1ccc(Cl)c(S(=O)(=O)N2CCCCC2)c1)NCCC1=CCCCC1. The first-order valence-corrected chi connectivity index (χ1v) is 12.6. The van der Waals surface area contributed by atoms with Crippen molar-refractivity contribution in [1.29, 1.82) is 0 Å². The molecule has 1 amide bonds. The molecule has 3 rings (SSSR count). The van der Waals surface area contributed by atoms with Gasteiger partial charge >= 0.3 is 5.97 Å². The van der Waals surface area contributed by atoms with Gasteiger partial charge in [-0.1, -0.05) is 29.7 Å². The van der Waals surface area contributed by atoms with Gasteiger partial charge in [-0.25, -0.2) is 13.2 Å². The van der Waals surface area contributed by atoms with Crippen molar-refractivity contribution in [3.8, 4) is 0 Å². The lowest BCUT2D eigenvalue weighted by Crippen LogP contribution is -2.35. The predicted molar refractivity (Wildman–Crippen MR) is 119 cm³/mol. The highest BCUT2D eigenvalue weighted by atomic mass is 35.5. The number of amides is 1. The molecule has 31 heavy (non-hydrogen) atoms. The first-order chi connectivity index (χ1) is 14.9. The summed E-state index contributed by atoms with van der Waals surface area (Å²) >= 11 is 6.13. The summed E-state index contributed by atoms with van der Waals surface area (Å²) in [6.07, 6.45) is 10.2. The summed E-state index contributed by atoms with van der Waals surface area (Å²) in [4.78, 5) is 24.2. The Morgan fingerprint density at radius 3 is 2.58 bits per heavy atom. The minimum absolute atomic E-state index is 0.0418.